The summed E-state index contributed by atoms with van der Waals surface area (Å²) < 4.78 is 47.5. The molecular formula is C15H24FNO5S2. The second-order valence-corrected chi connectivity index (χ2v) is 7.91. The molecule has 2 atom stereocenters. The van der Waals surface area contributed by atoms with Crippen molar-refractivity contribution in [3.63, 3.8) is 0 Å². The van der Waals surface area contributed by atoms with Crippen molar-refractivity contribution in [1.82, 2.24) is 0 Å². The predicted molar refractivity (Wildman–Crippen MR) is 91.3 cm³/mol. The highest BCUT2D eigenvalue weighted by atomic mass is 32.3. The maximum Gasteiger partial charge on any atom is 0.255 e. The number of ether oxygens (including phenoxy) is 2. The van der Waals surface area contributed by atoms with Crippen LogP contribution in [0.25, 0.3) is 0 Å². The van der Waals surface area contributed by atoms with Crippen molar-refractivity contribution in [2.24, 2.45) is 0 Å². The maximum absolute atomic E-state index is 10.1. The fourth-order valence-corrected chi connectivity index (χ4v) is 3.51. The molecule has 0 bridgehead atoms. The minimum atomic E-state index is -5.42. The Bertz CT molecular complexity index is 599. The van der Waals surface area contributed by atoms with Gasteiger partial charge in [-0.15, -0.1) is 15.6 Å². The number of nitrogens with zero attached hydrogens (tertiary/aromatic N) is 1. The topological polar surface area (TPSA) is 75.7 Å². The summed E-state index contributed by atoms with van der Waals surface area (Å²) in [6.45, 7) is 4.24. The van der Waals surface area contributed by atoms with Gasteiger partial charge in [-0.25, -0.2) is 8.42 Å². The first-order chi connectivity index (χ1) is 11.0. The van der Waals surface area contributed by atoms with Crippen LogP contribution in [0.1, 0.15) is 12.5 Å². The second kappa shape index (κ2) is 9.00. The average molecular weight is 381 g/mol. The van der Waals surface area contributed by atoms with E-state index in [1.807, 2.05) is 23.9 Å². The highest BCUT2D eigenvalue weighted by Crippen LogP contribution is 2.29. The first kappa shape index (κ1) is 21.2. The van der Waals surface area contributed by atoms with E-state index in [1.54, 1.807) is 7.11 Å². The van der Waals surface area contributed by atoms with Crippen LogP contribution in [0, 0.1) is 0 Å². The van der Waals surface area contributed by atoms with Crippen LogP contribution in [0.15, 0.2) is 24.3 Å². The molecule has 0 N–H and O–H groups in total. The van der Waals surface area contributed by atoms with Gasteiger partial charge in [-0.1, -0.05) is 12.1 Å². The van der Waals surface area contributed by atoms with Gasteiger partial charge in [-0.3, -0.25) is 0 Å². The van der Waals surface area contributed by atoms with Gasteiger partial charge in [0, 0.05) is 5.75 Å². The van der Waals surface area contributed by atoms with E-state index < -0.39 is 10.5 Å². The fraction of sp³-hybridized carbons (Fsp3) is 0.600. The van der Waals surface area contributed by atoms with Crippen LogP contribution < -0.4 is 4.74 Å². The Hall–Kier alpha value is -0.870. The maximum atomic E-state index is 10.1. The highest BCUT2D eigenvalue weighted by molar-refractivity contribution is 7.99. The molecule has 138 valence electrons. The number of likely N-dealkylation sites (N-methyl/N-ethyl adjacent to an activating group) is 1. The van der Waals surface area contributed by atoms with E-state index in [0.29, 0.717) is 6.04 Å². The summed E-state index contributed by atoms with van der Waals surface area (Å²) in [6, 6.07) is 8.80. The first-order valence-corrected chi connectivity index (χ1v) is 9.73. The molecule has 1 aliphatic rings. The lowest BCUT2D eigenvalue weighted by Crippen LogP contribution is -2.58. The molecule has 1 aliphatic heterocycles. The molecule has 0 saturated carbocycles. The standard InChI is InChI=1S/C15H24NO2S.FHO3S/c1-12-15(18-10-9-16(12,2)3)19-11-13-5-7-14(17-4)8-6-13;1-5(2,3)4/h5-8,12,15H,9-11H2,1-4H3;(H,2,3,4)/q+1;/p-1. The van der Waals surface area contributed by atoms with Crippen LogP contribution in [0.2, 0.25) is 0 Å². The number of benzene rings is 1. The fourth-order valence-electron chi connectivity index (χ4n) is 2.16. The normalized spacial score (nSPS) is 23.1. The van der Waals surface area contributed by atoms with Gasteiger partial charge in [0.15, 0.2) is 5.44 Å². The molecule has 0 radical (unpaired) electrons. The molecule has 1 saturated heterocycles. The van der Waals surface area contributed by atoms with Gasteiger partial charge >= 0.3 is 0 Å². The minimum Gasteiger partial charge on any atom is -0.722 e. The van der Waals surface area contributed by atoms with Gasteiger partial charge in [0.25, 0.3) is 10.5 Å². The van der Waals surface area contributed by atoms with Crippen molar-refractivity contribution in [1.29, 1.82) is 0 Å². The smallest absolute Gasteiger partial charge is 0.255 e. The lowest BCUT2D eigenvalue weighted by Gasteiger charge is -2.43. The lowest BCUT2D eigenvalue weighted by molar-refractivity contribution is -0.922. The van der Waals surface area contributed by atoms with Crippen LogP contribution in [0.5, 0.6) is 5.75 Å². The van der Waals surface area contributed by atoms with Gasteiger partial charge < -0.3 is 18.5 Å². The number of methoxy groups -OCH3 is 1. The Morgan fingerprint density at radius 3 is 2.42 bits per heavy atom. The number of thioether (sulfide) groups is 1. The van der Waals surface area contributed by atoms with Crippen LogP contribution in [-0.4, -0.2) is 63.3 Å². The number of morpholine rings is 1. The Kier molecular flexibility index (Phi) is 7.94. The zero-order valence-electron chi connectivity index (χ0n) is 14.3. The largest absolute Gasteiger partial charge is 0.722 e. The molecule has 24 heavy (non-hydrogen) atoms. The molecule has 1 heterocycles. The summed E-state index contributed by atoms with van der Waals surface area (Å²) in [5.74, 6) is 1.90. The van der Waals surface area contributed by atoms with E-state index >= 15 is 0 Å². The molecular weight excluding hydrogens is 357 g/mol. The molecule has 1 aromatic rings. The summed E-state index contributed by atoms with van der Waals surface area (Å²) in [4.78, 5) is 0. The molecule has 0 aliphatic carbocycles. The molecule has 6 nitrogen and oxygen atoms in total. The van der Waals surface area contributed by atoms with Crippen molar-refractivity contribution >= 4 is 22.3 Å². The van der Waals surface area contributed by atoms with Gasteiger partial charge in [-0.2, -0.15) is 0 Å². The van der Waals surface area contributed by atoms with Gasteiger partial charge in [-0.05, 0) is 24.6 Å². The van der Waals surface area contributed by atoms with Crippen molar-refractivity contribution in [2.45, 2.75) is 24.2 Å². The molecule has 0 amide bonds. The summed E-state index contributed by atoms with van der Waals surface area (Å²) in [7, 11) is 0.851. The van der Waals surface area contributed by atoms with Crippen LogP contribution in [-0.2, 0) is 21.0 Å². The number of rotatable bonds is 4. The van der Waals surface area contributed by atoms with Crippen LogP contribution in [0.4, 0.5) is 3.89 Å². The van der Waals surface area contributed by atoms with E-state index in [2.05, 4.69) is 33.2 Å². The molecule has 1 fully saturated rings. The quantitative estimate of drug-likeness (QED) is 0.452. The molecule has 2 unspecified atom stereocenters. The van der Waals surface area contributed by atoms with E-state index in [0.717, 1.165) is 29.1 Å². The summed E-state index contributed by atoms with van der Waals surface area (Å²) in [6.07, 6.45) is 0. The zero-order valence-corrected chi connectivity index (χ0v) is 15.9. The third-order valence-electron chi connectivity index (χ3n) is 4.02. The molecule has 1 aromatic carbocycles. The lowest BCUT2D eigenvalue weighted by atomic mass is 10.2. The monoisotopic (exact) mass is 381 g/mol. The van der Waals surface area contributed by atoms with Crippen LogP contribution in [0.3, 0.4) is 0 Å². The summed E-state index contributed by atoms with van der Waals surface area (Å²) in [5, 5.41) is 0. The second-order valence-electron chi connectivity index (χ2n) is 6.03. The van der Waals surface area contributed by atoms with Crippen LogP contribution >= 0.6 is 11.8 Å². The Balaban J connectivity index is 0.000000505. The zero-order chi connectivity index (χ0) is 18.4. The number of hydrogen-bond donors (Lipinski definition) is 0. The predicted octanol–water partition coefficient (Wildman–Crippen LogP) is 2.17. The highest BCUT2D eigenvalue weighted by Gasteiger charge is 2.36. The van der Waals surface area contributed by atoms with Gasteiger partial charge in [0.2, 0.25) is 0 Å². The number of hydrogen-bond acceptors (Lipinski definition) is 6. The van der Waals surface area contributed by atoms with Crippen molar-refractivity contribution in [2.75, 3.05) is 34.4 Å². The van der Waals surface area contributed by atoms with E-state index in [9.17, 15) is 3.89 Å². The molecule has 0 spiro atoms. The molecule has 9 heteroatoms. The Labute approximate surface area is 147 Å². The van der Waals surface area contributed by atoms with Gasteiger partial charge in [0.05, 0.1) is 27.8 Å². The number of quaternary nitrogens is 1. The van der Waals surface area contributed by atoms with E-state index in [1.165, 1.54) is 5.56 Å². The Morgan fingerprint density at radius 2 is 1.92 bits per heavy atom. The third-order valence-corrected chi connectivity index (χ3v) is 5.38. The van der Waals surface area contributed by atoms with Crippen molar-refractivity contribution in [3.05, 3.63) is 29.8 Å². The van der Waals surface area contributed by atoms with Crippen molar-refractivity contribution in [3.8, 4) is 5.75 Å². The Morgan fingerprint density at radius 1 is 1.38 bits per heavy atom. The number of halogens is 1. The minimum absolute atomic E-state index is 0.283. The summed E-state index contributed by atoms with van der Waals surface area (Å²) in [5.41, 5.74) is 1.60. The average Bonchev–Trinajstić information content (AvgIpc) is 2.47. The van der Waals surface area contributed by atoms with Crippen molar-refractivity contribution < 1.29 is 30.8 Å². The molecule has 2 rings (SSSR count). The first-order valence-electron chi connectivity index (χ1n) is 7.37. The molecule has 0 aromatic heterocycles. The van der Waals surface area contributed by atoms with Gasteiger partial charge in [0.1, 0.15) is 18.3 Å². The SMILES string of the molecule is COc1ccc(CSC2OCC[N+](C)(C)C2C)cc1.O=S(=O)([O-])F. The van der Waals surface area contributed by atoms with E-state index in [-0.39, 0.29) is 5.44 Å². The van der Waals surface area contributed by atoms with E-state index in [4.69, 9.17) is 22.4 Å². The summed E-state index contributed by atoms with van der Waals surface area (Å²) >= 11 is 1.90. The third kappa shape index (κ3) is 7.80.